The van der Waals surface area contributed by atoms with Gasteiger partial charge in [0.15, 0.2) is 0 Å². The van der Waals surface area contributed by atoms with Crippen molar-refractivity contribution in [2.24, 2.45) is 0 Å². The summed E-state index contributed by atoms with van der Waals surface area (Å²) in [6.07, 6.45) is 0.881. The molecule has 3 aliphatic heterocycles. The van der Waals surface area contributed by atoms with Gasteiger partial charge in [-0.25, -0.2) is 0 Å². The van der Waals surface area contributed by atoms with Crippen LogP contribution >= 0.6 is 0 Å². The summed E-state index contributed by atoms with van der Waals surface area (Å²) in [4.78, 5) is 8.53. The molecule has 15 aromatic rings. The standard InChI is InChI=1S/C110H98BN3/c1-70-35-33-36-71(2)100(70)111(101-72(3)37-34-38-73(101)4)102-98-99(107(7,8)69-106(98,5)6)103(112-92-57-51-80(74-39-21-15-22-40-74)63-86(92)108(9,10)87-64-81(52-58-93(87)112)75-41-23-16-24-42-75)105(114-96-61-55-84(78-47-29-19-30-48-78)67-90(96)110(13,14)91-68-85(56-62-97(91)114)79-49-31-20-32-50-79)104(102)113-94-59-53-82(76-43-25-17-26-44-76)65-88(94)109(11,12)89-66-83(54-60-95(89)113)77-45-27-18-28-46-77/h15-68H,69H2,1-14H3. The van der Waals surface area contributed by atoms with E-state index in [1.807, 2.05) is 0 Å². The number of benzene rings is 15. The fraction of sp³-hybridized carbons (Fsp3) is 0.182. The van der Waals surface area contributed by atoms with Crippen molar-refractivity contribution in [2.75, 3.05) is 14.7 Å². The third kappa shape index (κ3) is 11.4. The first-order valence-corrected chi connectivity index (χ1v) is 41.0. The van der Waals surface area contributed by atoms with Crippen molar-refractivity contribution in [3.8, 4) is 66.8 Å². The smallest absolute Gasteiger partial charge is 0.245 e. The van der Waals surface area contributed by atoms with Crippen molar-refractivity contribution in [3.63, 3.8) is 0 Å². The molecule has 0 N–H and O–H groups in total. The number of nitrogens with zero attached hydrogens (tertiary/aromatic N) is 3. The van der Waals surface area contributed by atoms with Gasteiger partial charge in [-0.05, 0) is 234 Å². The van der Waals surface area contributed by atoms with Crippen molar-refractivity contribution in [1.29, 1.82) is 0 Å². The molecular formula is C110H98BN3. The number of hydrogen-bond donors (Lipinski definition) is 0. The Hall–Kier alpha value is -12.2. The SMILES string of the molecule is Cc1cccc(C)c1B(c1c(C)cccc1C)c1c(N2c3ccc(-c4ccccc4)cc3C(C)(C)c3cc(-c4ccccc4)ccc32)c(N2c3ccc(-c4ccccc4)cc3C(C)(C)c3cc(-c4ccccc4)ccc32)c(N2c3ccc(-c4ccccc4)cc3C(C)(C)c3cc(-c4ccccc4)ccc32)c2c1C(C)(C)CC2(C)C. The topological polar surface area (TPSA) is 9.72 Å². The molecule has 19 rings (SSSR count). The molecule has 3 nitrogen and oxygen atoms in total. The average molecular weight is 1470 g/mol. The second kappa shape index (κ2) is 27.0. The van der Waals surface area contributed by atoms with Crippen LogP contribution in [0, 0.1) is 27.7 Å². The van der Waals surface area contributed by atoms with Gasteiger partial charge >= 0.3 is 0 Å². The van der Waals surface area contributed by atoms with E-state index >= 15 is 0 Å². The third-order valence-electron chi connectivity index (χ3n) is 26.4. The minimum atomic E-state index is -0.539. The molecule has 0 unspecified atom stereocenters. The quantitative estimate of drug-likeness (QED) is 0.113. The maximum atomic E-state index is 2.85. The lowest BCUT2D eigenvalue weighted by Gasteiger charge is -2.50. The maximum Gasteiger partial charge on any atom is 0.245 e. The normalized spacial score (nSPS) is 15.4. The van der Waals surface area contributed by atoms with Crippen LogP contribution in [0.5, 0.6) is 0 Å². The van der Waals surface area contributed by atoms with Crippen LogP contribution < -0.4 is 31.1 Å². The highest BCUT2D eigenvalue weighted by molar-refractivity contribution is 6.98. The second-order valence-corrected chi connectivity index (χ2v) is 35.7. The summed E-state index contributed by atoms with van der Waals surface area (Å²) in [6.45, 7) is 34.6. The number of hydrogen-bond acceptors (Lipinski definition) is 3. The van der Waals surface area contributed by atoms with E-state index in [0.29, 0.717) is 0 Å². The summed E-state index contributed by atoms with van der Waals surface area (Å²) in [5, 5.41) is 0. The van der Waals surface area contributed by atoms with E-state index < -0.39 is 27.1 Å². The Bertz CT molecular complexity index is 5960. The van der Waals surface area contributed by atoms with Gasteiger partial charge < -0.3 is 14.7 Å². The van der Waals surface area contributed by atoms with E-state index in [0.717, 1.165) is 40.5 Å². The van der Waals surface area contributed by atoms with E-state index in [1.54, 1.807) is 0 Å². The van der Waals surface area contributed by atoms with Crippen molar-refractivity contribution < 1.29 is 0 Å². The van der Waals surface area contributed by atoms with E-state index in [4.69, 9.17) is 0 Å². The molecular weight excluding hydrogens is 1370 g/mol. The summed E-state index contributed by atoms with van der Waals surface area (Å²) in [6, 6.07) is 125. The number of aryl methyl sites for hydroxylation is 4. The van der Waals surface area contributed by atoms with Gasteiger partial charge in [0, 0.05) is 16.2 Å². The lowest BCUT2D eigenvalue weighted by Crippen LogP contribution is -2.59. The minimum absolute atomic E-state index is 0.311. The molecule has 3 heterocycles. The molecule has 556 valence electrons. The van der Waals surface area contributed by atoms with Gasteiger partial charge in [0.1, 0.15) is 0 Å². The van der Waals surface area contributed by atoms with Crippen LogP contribution in [0.25, 0.3) is 66.8 Å². The molecule has 4 heteroatoms. The second-order valence-electron chi connectivity index (χ2n) is 35.7. The first-order chi connectivity index (χ1) is 55.0. The summed E-state index contributed by atoms with van der Waals surface area (Å²) in [7, 11) is 0. The molecule has 0 fully saturated rings. The van der Waals surface area contributed by atoms with Crippen LogP contribution in [0.4, 0.5) is 51.2 Å². The first kappa shape index (κ1) is 72.0. The zero-order valence-electron chi connectivity index (χ0n) is 68.3. The molecule has 0 spiro atoms. The Morgan fingerprint density at radius 1 is 0.211 bits per heavy atom. The van der Waals surface area contributed by atoms with Crippen molar-refractivity contribution in [2.45, 2.75) is 130 Å². The van der Waals surface area contributed by atoms with Crippen LogP contribution in [0.1, 0.15) is 142 Å². The molecule has 0 radical (unpaired) electrons. The molecule has 0 bridgehead atoms. The van der Waals surface area contributed by atoms with E-state index in [2.05, 4.69) is 439 Å². The predicted octanol–water partition coefficient (Wildman–Crippen LogP) is 27.7. The largest absolute Gasteiger partial charge is 0.308 e. The molecule has 0 aromatic heterocycles. The van der Waals surface area contributed by atoms with Crippen molar-refractivity contribution in [1.82, 2.24) is 0 Å². The fourth-order valence-corrected chi connectivity index (χ4v) is 21.1. The predicted molar refractivity (Wildman–Crippen MR) is 487 cm³/mol. The summed E-state index contributed by atoms with van der Waals surface area (Å²) < 4.78 is 0. The summed E-state index contributed by atoms with van der Waals surface area (Å²) >= 11 is 0. The Balaban J connectivity index is 1.10. The Labute approximate surface area is 676 Å². The number of fused-ring (bicyclic) bond motifs is 7. The van der Waals surface area contributed by atoms with Crippen molar-refractivity contribution in [3.05, 3.63) is 394 Å². The summed E-state index contributed by atoms with van der Waals surface area (Å²) in [5.74, 6) is 0. The Morgan fingerprint density at radius 2 is 0.430 bits per heavy atom. The molecule has 15 aromatic carbocycles. The van der Waals surface area contributed by atoms with Gasteiger partial charge in [0.05, 0.1) is 51.2 Å². The molecule has 114 heavy (non-hydrogen) atoms. The van der Waals surface area contributed by atoms with E-state index in [1.165, 1.54) is 167 Å². The average Bonchev–Trinajstić information content (AvgIpc) is 1.32. The van der Waals surface area contributed by atoms with E-state index in [-0.39, 0.29) is 6.71 Å². The van der Waals surface area contributed by atoms with Crippen LogP contribution in [0.3, 0.4) is 0 Å². The molecule has 4 aliphatic rings. The van der Waals surface area contributed by atoms with Gasteiger partial charge in [0.2, 0.25) is 6.71 Å². The monoisotopic (exact) mass is 1470 g/mol. The molecule has 0 amide bonds. The molecule has 0 saturated carbocycles. The van der Waals surface area contributed by atoms with Crippen LogP contribution in [0.2, 0.25) is 0 Å². The fourth-order valence-electron chi connectivity index (χ4n) is 21.1. The molecule has 0 atom stereocenters. The zero-order valence-corrected chi connectivity index (χ0v) is 68.3. The first-order valence-electron chi connectivity index (χ1n) is 41.0. The summed E-state index contributed by atoms with van der Waals surface area (Å²) in [5.41, 5.74) is 41.6. The van der Waals surface area contributed by atoms with Gasteiger partial charge in [0.25, 0.3) is 0 Å². The minimum Gasteiger partial charge on any atom is -0.308 e. The zero-order chi connectivity index (χ0) is 78.5. The van der Waals surface area contributed by atoms with Crippen molar-refractivity contribution >= 4 is 74.3 Å². The third-order valence-corrected chi connectivity index (χ3v) is 26.4. The highest BCUT2D eigenvalue weighted by Crippen LogP contribution is 2.68. The van der Waals surface area contributed by atoms with Crippen LogP contribution in [-0.2, 0) is 27.1 Å². The molecule has 0 saturated heterocycles. The maximum absolute atomic E-state index is 2.85. The Kier molecular flexibility index (Phi) is 17.1. The van der Waals surface area contributed by atoms with Crippen LogP contribution in [0.15, 0.2) is 328 Å². The van der Waals surface area contributed by atoms with E-state index in [9.17, 15) is 0 Å². The van der Waals surface area contributed by atoms with Gasteiger partial charge in [-0.3, -0.25) is 0 Å². The highest BCUT2D eigenvalue weighted by atomic mass is 15.3. The molecule has 1 aliphatic carbocycles. The van der Waals surface area contributed by atoms with Gasteiger partial charge in [-0.15, -0.1) is 0 Å². The highest BCUT2D eigenvalue weighted by Gasteiger charge is 2.55. The lowest BCUT2D eigenvalue weighted by molar-refractivity contribution is 0.404. The van der Waals surface area contributed by atoms with Gasteiger partial charge in [-0.2, -0.15) is 0 Å². The van der Waals surface area contributed by atoms with Gasteiger partial charge in [-0.1, -0.05) is 357 Å². The number of anilines is 9. The number of rotatable bonds is 12. The Morgan fingerprint density at radius 3 is 0.675 bits per heavy atom. The lowest BCUT2D eigenvalue weighted by atomic mass is 9.32. The van der Waals surface area contributed by atoms with Crippen LogP contribution in [-0.4, -0.2) is 6.71 Å².